The van der Waals surface area contributed by atoms with E-state index in [2.05, 4.69) is 36.2 Å². The number of benzene rings is 1. The normalized spacial score (nSPS) is 20.8. The zero-order chi connectivity index (χ0) is 20.6. The van der Waals surface area contributed by atoms with Gasteiger partial charge in [-0.1, -0.05) is 57.9 Å². The van der Waals surface area contributed by atoms with Crippen LogP contribution in [-0.4, -0.2) is 43.8 Å². The highest BCUT2D eigenvalue weighted by atomic mass is 32.2. The number of carbonyl (C=O) groups excluding carboxylic acids is 1. The summed E-state index contributed by atoms with van der Waals surface area (Å²) in [5.41, 5.74) is 2.26. The van der Waals surface area contributed by atoms with Crippen molar-refractivity contribution in [3.05, 3.63) is 35.4 Å². The van der Waals surface area contributed by atoms with Crippen molar-refractivity contribution in [3.63, 3.8) is 0 Å². The first kappa shape index (κ1) is 22.9. The van der Waals surface area contributed by atoms with Crippen LogP contribution in [0.25, 0.3) is 0 Å². The summed E-state index contributed by atoms with van der Waals surface area (Å²) in [4.78, 5) is 14.5. The molecule has 1 saturated heterocycles. The molecule has 1 amide bonds. The Kier molecular flexibility index (Phi) is 8.96. The van der Waals surface area contributed by atoms with Crippen LogP contribution in [0.1, 0.15) is 57.6 Å². The van der Waals surface area contributed by atoms with Gasteiger partial charge in [0.05, 0.1) is 5.75 Å². The summed E-state index contributed by atoms with van der Waals surface area (Å²) in [6.45, 7) is 10.3. The highest BCUT2D eigenvalue weighted by molar-refractivity contribution is 7.92. The summed E-state index contributed by atoms with van der Waals surface area (Å²) in [6, 6.07) is 8.24. The van der Waals surface area contributed by atoms with Crippen LogP contribution in [0, 0.1) is 11.8 Å². The lowest BCUT2D eigenvalue weighted by Gasteiger charge is -2.35. The third-order valence-corrected chi connectivity index (χ3v) is 6.89. The molecule has 28 heavy (non-hydrogen) atoms. The molecular formula is C22H36N2O3S. The highest BCUT2D eigenvalue weighted by Gasteiger charge is 2.21. The molecule has 0 aliphatic carbocycles. The van der Waals surface area contributed by atoms with Crippen LogP contribution in [0.3, 0.4) is 0 Å². The summed E-state index contributed by atoms with van der Waals surface area (Å²) >= 11 is 0. The molecular weight excluding hydrogens is 372 g/mol. The second-order valence-electron chi connectivity index (χ2n) is 8.53. The highest BCUT2D eigenvalue weighted by Crippen LogP contribution is 2.22. The van der Waals surface area contributed by atoms with Crippen molar-refractivity contribution in [1.82, 2.24) is 10.2 Å². The topological polar surface area (TPSA) is 66.5 Å². The minimum Gasteiger partial charge on any atom is -0.351 e. The van der Waals surface area contributed by atoms with Crippen LogP contribution in [-0.2, 0) is 27.7 Å². The molecule has 5 nitrogen and oxygen atoms in total. The molecule has 1 aliphatic rings. The summed E-state index contributed by atoms with van der Waals surface area (Å²) in [7, 11) is -3.31. The number of rotatable bonds is 10. The number of carbonyl (C=O) groups is 1. The number of nitrogens with one attached hydrogen (secondary N) is 1. The lowest BCUT2D eigenvalue weighted by molar-refractivity contribution is -0.118. The zero-order valence-corrected chi connectivity index (χ0v) is 18.4. The molecule has 0 aromatic heterocycles. The van der Waals surface area contributed by atoms with E-state index in [0.29, 0.717) is 13.0 Å². The molecule has 1 aromatic rings. The van der Waals surface area contributed by atoms with Gasteiger partial charge in [-0.05, 0) is 35.8 Å². The van der Waals surface area contributed by atoms with Crippen LogP contribution < -0.4 is 5.32 Å². The van der Waals surface area contributed by atoms with Gasteiger partial charge in [0, 0.05) is 26.2 Å². The quantitative estimate of drug-likeness (QED) is 0.603. The first-order valence-electron chi connectivity index (χ1n) is 10.5. The van der Waals surface area contributed by atoms with Crippen molar-refractivity contribution in [2.75, 3.05) is 24.6 Å². The molecule has 0 bridgehead atoms. The molecule has 2 atom stereocenters. The fraction of sp³-hybridized carbons (Fsp3) is 0.682. The maximum atomic E-state index is 12.0. The van der Waals surface area contributed by atoms with Gasteiger partial charge in [-0.25, -0.2) is 8.42 Å². The van der Waals surface area contributed by atoms with Gasteiger partial charge in [0.2, 0.25) is 5.91 Å². The Labute approximate surface area is 170 Å². The third kappa shape index (κ3) is 8.31. The Balaban J connectivity index is 1.77. The summed E-state index contributed by atoms with van der Waals surface area (Å²) in [6.07, 6.45) is 3.78. The maximum absolute atomic E-state index is 12.0. The second kappa shape index (κ2) is 11.0. The fourth-order valence-corrected chi connectivity index (χ4v) is 5.33. The summed E-state index contributed by atoms with van der Waals surface area (Å²) in [5.74, 6) is 0.751. The second-order valence-corrected chi connectivity index (χ2v) is 10.7. The lowest BCUT2D eigenvalue weighted by atomic mass is 9.91. The van der Waals surface area contributed by atoms with Gasteiger partial charge in [0.15, 0.2) is 9.84 Å². The van der Waals surface area contributed by atoms with E-state index in [-0.39, 0.29) is 5.75 Å². The molecule has 1 aromatic carbocycles. The Morgan fingerprint density at radius 3 is 2.29 bits per heavy atom. The Morgan fingerprint density at radius 1 is 1.07 bits per heavy atom. The first-order valence-corrected chi connectivity index (χ1v) is 12.4. The Bertz CT molecular complexity index is 706. The number of sulfone groups is 1. The smallest absolute Gasteiger partial charge is 0.235 e. The van der Waals surface area contributed by atoms with Crippen molar-refractivity contribution in [2.24, 2.45) is 11.8 Å². The average molecular weight is 409 g/mol. The lowest BCUT2D eigenvalue weighted by Crippen LogP contribution is -2.38. The van der Waals surface area contributed by atoms with Crippen LogP contribution in [0.15, 0.2) is 24.3 Å². The molecule has 1 heterocycles. The van der Waals surface area contributed by atoms with Crippen molar-refractivity contribution < 1.29 is 13.2 Å². The van der Waals surface area contributed by atoms with Gasteiger partial charge in [0.25, 0.3) is 0 Å². The van der Waals surface area contributed by atoms with Crippen LogP contribution in [0.4, 0.5) is 0 Å². The van der Waals surface area contributed by atoms with E-state index in [4.69, 9.17) is 0 Å². The minimum absolute atomic E-state index is 0.0939. The van der Waals surface area contributed by atoms with Crippen molar-refractivity contribution in [1.29, 1.82) is 0 Å². The van der Waals surface area contributed by atoms with Gasteiger partial charge < -0.3 is 5.32 Å². The monoisotopic (exact) mass is 408 g/mol. The van der Waals surface area contributed by atoms with Crippen LogP contribution in [0.2, 0.25) is 0 Å². The molecule has 0 saturated carbocycles. The molecule has 2 unspecified atom stereocenters. The summed E-state index contributed by atoms with van der Waals surface area (Å²) < 4.78 is 23.9. The molecule has 1 aliphatic heterocycles. The number of likely N-dealkylation sites (tertiary alicyclic amines) is 1. The van der Waals surface area contributed by atoms with Crippen molar-refractivity contribution >= 4 is 15.7 Å². The number of amides is 1. The first-order chi connectivity index (χ1) is 13.3. The molecule has 6 heteroatoms. The van der Waals surface area contributed by atoms with Gasteiger partial charge in [-0.15, -0.1) is 0 Å². The van der Waals surface area contributed by atoms with Crippen LogP contribution in [0.5, 0.6) is 0 Å². The van der Waals surface area contributed by atoms with E-state index in [1.165, 1.54) is 12.0 Å². The predicted octanol–water partition coefficient (Wildman–Crippen LogP) is 3.39. The van der Waals surface area contributed by atoms with Gasteiger partial charge >= 0.3 is 0 Å². The largest absolute Gasteiger partial charge is 0.351 e. The van der Waals surface area contributed by atoms with Gasteiger partial charge in [-0.2, -0.15) is 0 Å². The molecule has 1 fully saturated rings. The SMILES string of the molecule is CCCCCS(=O)(=O)CC(=O)NCc1ccc(CN2CC(C)CC(C)C2)cc1. The van der Waals surface area contributed by atoms with Crippen LogP contribution >= 0.6 is 0 Å². The number of unbranched alkanes of at least 4 members (excludes halogenated alkanes) is 2. The third-order valence-electron chi connectivity index (χ3n) is 5.27. The van der Waals surface area contributed by atoms with E-state index < -0.39 is 21.5 Å². The van der Waals surface area contributed by atoms with E-state index >= 15 is 0 Å². The predicted molar refractivity (Wildman–Crippen MR) is 115 cm³/mol. The molecule has 0 radical (unpaired) electrons. The maximum Gasteiger partial charge on any atom is 0.235 e. The Morgan fingerprint density at radius 2 is 1.68 bits per heavy atom. The number of piperidine rings is 1. The molecule has 0 spiro atoms. The minimum atomic E-state index is -3.31. The molecule has 2 rings (SSSR count). The standard InChI is InChI=1S/C22H36N2O3S/c1-4-5-6-11-28(26,27)17-22(25)23-13-20-7-9-21(10-8-20)16-24-14-18(2)12-19(3)15-24/h7-10,18-19H,4-6,11-17H2,1-3H3,(H,23,25). The Hall–Kier alpha value is -1.40. The summed E-state index contributed by atoms with van der Waals surface area (Å²) in [5, 5.41) is 2.73. The zero-order valence-electron chi connectivity index (χ0n) is 17.6. The van der Waals surface area contributed by atoms with Crippen molar-refractivity contribution in [2.45, 2.75) is 59.5 Å². The van der Waals surface area contributed by atoms with Crippen molar-refractivity contribution in [3.8, 4) is 0 Å². The van der Waals surface area contributed by atoms with Gasteiger partial charge in [-0.3, -0.25) is 9.69 Å². The van der Waals surface area contributed by atoms with Gasteiger partial charge in [0.1, 0.15) is 5.75 Å². The van der Waals surface area contributed by atoms with E-state index in [9.17, 15) is 13.2 Å². The van der Waals surface area contributed by atoms with E-state index in [0.717, 1.165) is 49.9 Å². The molecule has 158 valence electrons. The number of hydrogen-bond acceptors (Lipinski definition) is 4. The van der Waals surface area contributed by atoms with E-state index in [1.54, 1.807) is 0 Å². The number of hydrogen-bond donors (Lipinski definition) is 1. The average Bonchev–Trinajstić information content (AvgIpc) is 2.60. The van der Waals surface area contributed by atoms with E-state index in [1.807, 2.05) is 19.1 Å². The fourth-order valence-electron chi connectivity index (χ4n) is 4.04. The number of nitrogens with zero attached hydrogens (tertiary/aromatic N) is 1. The molecule has 1 N–H and O–H groups in total.